The number of aromatic nitrogens is 4. The number of ether oxygens (including phenoxy) is 1. The topological polar surface area (TPSA) is 56.1 Å². The van der Waals surface area contributed by atoms with Crippen LogP contribution < -0.4 is 4.74 Å². The largest absolute Gasteiger partial charge is 0.490 e. The third-order valence-electron chi connectivity index (χ3n) is 5.66. The van der Waals surface area contributed by atoms with Crippen LogP contribution in [-0.2, 0) is 0 Å². The normalized spacial score (nSPS) is 19.0. The highest BCUT2D eigenvalue weighted by atomic mass is 19.1. The Morgan fingerprint density at radius 3 is 2.86 bits per heavy atom. The Balaban J connectivity index is 1.43. The summed E-state index contributed by atoms with van der Waals surface area (Å²) in [7, 11) is 4.30. The minimum Gasteiger partial charge on any atom is -0.490 e. The van der Waals surface area contributed by atoms with Gasteiger partial charge in [-0.15, -0.1) is 0 Å². The molecule has 1 saturated carbocycles. The lowest BCUT2D eigenvalue weighted by Gasteiger charge is -2.19. The van der Waals surface area contributed by atoms with Gasteiger partial charge in [-0.2, -0.15) is 5.10 Å². The number of halogens is 1. The molecule has 1 aliphatic rings. The van der Waals surface area contributed by atoms with Crippen LogP contribution in [0.2, 0.25) is 0 Å². The van der Waals surface area contributed by atoms with Crippen molar-refractivity contribution >= 4 is 0 Å². The zero-order valence-electron chi connectivity index (χ0n) is 16.8. The monoisotopic (exact) mass is 395 g/mol. The lowest BCUT2D eigenvalue weighted by Crippen LogP contribution is -2.24. The van der Waals surface area contributed by atoms with E-state index in [0.717, 1.165) is 12.0 Å². The van der Waals surface area contributed by atoms with Gasteiger partial charge in [-0.25, -0.2) is 19.0 Å². The molecule has 3 aromatic rings. The summed E-state index contributed by atoms with van der Waals surface area (Å²) in [5, 5.41) is 4.29. The predicted molar refractivity (Wildman–Crippen MR) is 109 cm³/mol. The lowest BCUT2D eigenvalue weighted by molar-refractivity contribution is 0.260. The van der Waals surface area contributed by atoms with Crippen LogP contribution in [0.25, 0.3) is 16.9 Å². The molecule has 0 N–H and O–H groups in total. The maximum Gasteiger partial charge on any atom is 0.163 e. The van der Waals surface area contributed by atoms with Gasteiger partial charge in [-0.05, 0) is 57.8 Å². The number of hydrogen-bond acceptors (Lipinski definition) is 5. The Morgan fingerprint density at radius 2 is 2.07 bits per heavy atom. The molecule has 0 radical (unpaired) electrons. The van der Waals surface area contributed by atoms with Crippen molar-refractivity contribution in [3.63, 3.8) is 0 Å². The number of hydrogen-bond donors (Lipinski definition) is 0. The van der Waals surface area contributed by atoms with E-state index in [4.69, 9.17) is 4.74 Å². The first kappa shape index (κ1) is 19.5. The Hall–Kier alpha value is -2.80. The molecule has 0 saturated heterocycles. The molecule has 0 amide bonds. The zero-order chi connectivity index (χ0) is 20.2. The van der Waals surface area contributed by atoms with E-state index in [1.807, 2.05) is 0 Å². The third kappa shape index (κ3) is 4.45. The van der Waals surface area contributed by atoms with Crippen LogP contribution in [0, 0.1) is 11.7 Å². The highest BCUT2D eigenvalue weighted by molar-refractivity contribution is 5.64. The van der Waals surface area contributed by atoms with Crippen molar-refractivity contribution < 1.29 is 9.13 Å². The van der Waals surface area contributed by atoms with E-state index in [0.29, 0.717) is 35.7 Å². The second kappa shape index (κ2) is 8.69. The minimum absolute atomic E-state index is 0.325. The molecule has 7 heteroatoms. The van der Waals surface area contributed by atoms with E-state index in [-0.39, 0.29) is 5.82 Å². The summed E-state index contributed by atoms with van der Waals surface area (Å²) in [6, 6.07) is 7.22. The zero-order valence-corrected chi connectivity index (χ0v) is 16.8. The highest BCUT2D eigenvalue weighted by Crippen LogP contribution is 2.32. The molecule has 4 rings (SSSR count). The molecule has 0 bridgehead atoms. The van der Waals surface area contributed by atoms with Crippen LogP contribution in [0.3, 0.4) is 0 Å². The molecule has 0 unspecified atom stereocenters. The molecule has 1 aromatic carbocycles. The lowest BCUT2D eigenvalue weighted by atomic mass is 10.0. The van der Waals surface area contributed by atoms with Gasteiger partial charge in [0.25, 0.3) is 0 Å². The molecular weight excluding hydrogens is 369 g/mol. The molecule has 152 valence electrons. The van der Waals surface area contributed by atoms with Gasteiger partial charge >= 0.3 is 0 Å². The van der Waals surface area contributed by atoms with E-state index in [1.165, 1.54) is 36.3 Å². The van der Waals surface area contributed by atoms with Crippen LogP contribution in [-0.4, -0.2) is 51.4 Å². The number of nitrogens with zero attached hydrogens (tertiary/aromatic N) is 5. The Labute approximate surface area is 170 Å². The first-order chi connectivity index (χ1) is 14.1. The van der Waals surface area contributed by atoms with Gasteiger partial charge in [0.2, 0.25) is 0 Å². The van der Waals surface area contributed by atoms with Gasteiger partial charge in [-0.1, -0.05) is 12.1 Å². The van der Waals surface area contributed by atoms with Gasteiger partial charge < -0.3 is 9.64 Å². The molecule has 0 aliphatic heterocycles. The Morgan fingerprint density at radius 1 is 1.21 bits per heavy atom. The average molecular weight is 395 g/mol. The first-order valence-electron chi connectivity index (χ1n) is 10.0. The molecule has 0 spiro atoms. The fourth-order valence-corrected chi connectivity index (χ4v) is 3.97. The fourth-order valence-electron chi connectivity index (χ4n) is 3.97. The summed E-state index contributed by atoms with van der Waals surface area (Å²) < 4.78 is 21.6. The van der Waals surface area contributed by atoms with Crippen LogP contribution >= 0.6 is 0 Å². The molecule has 2 atom stereocenters. The van der Waals surface area contributed by atoms with E-state index in [2.05, 4.69) is 34.1 Å². The summed E-state index contributed by atoms with van der Waals surface area (Å²) >= 11 is 0. The second-order valence-corrected chi connectivity index (χ2v) is 7.79. The predicted octanol–water partition coefficient (Wildman–Crippen LogP) is 3.97. The van der Waals surface area contributed by atoms with Crippen molar-refractivity contribution in [2.24, 2.45) is 5.92 Å². The van der Waals surface area contributed by atoms with Crippen molar-refractivity contribution in [1.29, 1.82) is 0 Å². The van der Waals surface area contributed by atoms with Gasteiger partial charge in [0.15, 0.2) is 5.75 Å². The van der Waals surface area contributed by atoms with Crippen molar-refractivity contribution in [1.82, 2.24) is 24.6 Å². The molecule has 2 aromatic heterocycles. The standard InChI is InChI=1S/C22H26FN5O/c1-27(2)18-8-7-16(11-18)9-10-29-21-13-24-15-25-22(21)17-12-26-28(14-17)20-6-4-3-5-19(20)23/h3-6,12-16,18H,7-11H2,1-2H3/t16-,18-/m1/s1. The summed E-state index contributed by atoms with van der Waals surface area (Å²) in [5.74, 6) is 0.996. The molecule has 29 heavy (non-hydrogen) atoms. The van der Waals surface area contributed by atoms with Gasteiger partial charge in [0, 0.05) is 17.8 Å². The van der Waals surface area contributed by atoms with Crippen molar-refractivity contribution in [3.05, 3.63) is 55.0 Å². The molecule has 1 aliphatic carbocycles. The van der Waals surface area contributed by atoms with E-state index in [9.17, 15) is 4.39 Å². The highest BCUT2D eigenvalue weighted by Gasteiger charge is 2.25. The maximum atomic E-state index is 14.0. The number of benzene rings is 1. The quantitative estimate of drug-likeness (QED) is 0.606. The molecular formula is C22H26FN5O. The van der Waals surface area contributed by atoms with Crippen LogP contribution in [0.5, 0.6) is 5.75 Å². The van der Waals surface area contributed by atoms with Crippen LogP contribution in [0.15, 0.2) is 49.2 Å². The van der Waals surface area contributed by atoms with Crippen molar-refractivity contribution in [2.45, 2.75) is 31.7 Å². The first-order valence-corrected chi connectivity index (χ1v) is 10.0. The van der Waals surface area contributed by atoms with Gasteiger partial charge in [0.05, 0.1) is 19.0 Å². The number of rotatable bonds is 7. The summed E-state index contributed by atoms with van der Waals surface area (Å²) in [5.41, 5.74) is 1.83. The van der Waals surface area contributed by atoms with Crippen LogP contribution in [0.1, 0.15) is 25.7 Å². The van der Waals surface area contributed by atoms with Crippen molar-refractivity contribution in [3.8, 4) is 22.7 Å². The molecule has 6 nitrogen and oxygen atoms in total. The third-order valence-corrected chi connectivity index (χ3v) is 5.66. The van der Waals surface area contributed by atoms with Crippen LogP contribution in [0.4, 0.5) is 4.39 Å². The Kier molecular flexibility index (Phi) is 5.85. The summed E-state index contributed by atoms with van der Waals surface area (Å²) in [4.78, 5) is 10.8. The van der Waals surface area contributed by atoms with Crippen molar-refractivity contribution in [2.75, 3.05) is 20.7 Å². The SMILES string of the molecule is CN(C)[C@@H]1CC[C@H](CCOc2cncnc2-c2cnn(-c3ccccc3F)c2)C1. The molecule has 2 heterocycles. The smallest absolute Gasteiger partial charge is 0.163 e. The van der Waals surface area contributed by atoms with Gasteiger partial charge in [0.1, 0.15) is 23.5 Å². The Bertz CT molecular complexity index is 958. The van der Waals surface area contributed by atoms with E-state index >= 15 is 0 Å². The second-order valence-electron chi connectivity index (χ2n) is 7.79. The summed E-state index contributed by atoms with van der Waals surface area (Å²) in [6.07, 6.45) is 11.3. The number of para-hydroxylation sites is 1. The van der Waals surface area contributed by atoms with E-state index in [1.54, 1.807) is 36.8 Å². The molecule has 1 fully saturated rings. The van der Waals surface area contributed by atoms with Gasteiger partial charge in [-0.3, -0.25) is 0 Å². The minimum atomic E-state index is -0.325. The maximum absolute atomic E-state index is 14.0. The fraction of sp³-hybridized carbons (Fsp3) is 0.409. The summed E-state index contributed by atoms with van der Waals surface area (Å²) in [6.45, 7) is 0.632. The van der Waals surface area contributed by atoms with E-state index < -0.39 is 0 Å². The average Bonchev–Trinajstić information content (AvgIpc) is 3.39.